The topological polar surface area (TPSA) is 43.6 Å². The Morgan fingerprint density at radius 1 is 0.265 bits per heavy atom. The maximum absolute atomic E-state index is 5.31. The van der Waals surface area contributed by atoms with E-state index in [-0.39, 0.29) is 0 Å². The van der Waals surface area contributed by atoms with E-state index in [1.807, 2.05) is 36.4 Å². The van der Waals surface area contributed by atoms with Crippen LogP contribution in [0, 0.1) is 0 Å². The summed E-state index contributed by atoms with van der Waals surface area (Å²) >= 11 is 0. The summed E-state index contributed by atoms with van der Waals surface area (Å²) in [5, 5.41) is 7.67. The van der Waals surface area contributed by atoms with Crippen molar-refractivity contribution in [1.29, 1.82) is 0 Å². The van der Waals surface area contributed by atoms with E-state index in [1.165, 1.54) is 31.5 Å². The number of para-hydroxylation sites is 1. The molecule has 0 amide bonds. The Kier molecular flexibility index (Phi) is 10.5. The Bertz CT molecular complexity index is 3560. The molecule has 0 fully saturated rings. The van der Waals surface area contributed by atoms with Crippen LogP contribution in [0.3, 0.4) is 0 Å². The quantitative estimate of drug-likeness (QED) is 0.102. The van der Waals surface area contributed by atoms with Crippen LogP contribution in [-0.2, 0) is 0 Å². The Labute approximate surface area is 397 Å². The highest BCUT2D eigenvalue weighted by molar-refractivity contribution is 7.19. The van der Waals surface area contributed by atoms with Crippen molar-refractivity contribution < 1.29 is 0 Å². The molecule has 2 aromatic heterocycles. The number of hydrogen-bond donors (Lipinski definition) is 0. The lowest BCUT2D eigenvalue weighted by Crippen LogP contribution is -2.74. The van der Waals surface area contributed by atoms with Crippen LogP contribution in [0.4, 0.5) is 0 Å². The second kappa shape index (κ2) is 17.6. The first-order chi connectivity index (χ1) is 33.7. The van der Waals surface area contributed by atoms with E-state index >= 15 is 0 Å². The minimum atomic E-state index is -2.81. The fourth-order valence-electron chi connectivity index (χ4n) is 10.1. The maximum Gasteiger partial charge on any atom is 0.179 e. The van der Waals surface area contributed by atoms with Gasteiger partial charge < -0.3 is 4.57 Å². The standard InChI is InChI=1S/C63H44N4Si/c1-7-22-45(23-8-1)49-38-40-56-55-36-19-20-37-58(55)67(59(56)43-49)60-44-50(39-41-57(60)63-65-61(46-24-9-2-10-25-46)64-62(66-63)47-26-11-3-12-27-47)48-28-21-35-54(42-48)68(51-29-13-4-14-30-51,52-31-15-5-16-32-52)53-33-17-6-18-34-53/h1-44H. The zero-order chi connectivity index (χ0) is 45.3. The molecule has 2 heterocycles. The molecule has 0 aliphatic heterocycles. The predicted molar refractivity (Wildman–Crippen MR) is 285 cm³/mol. The van der Waals surface area contributed by atoms with Gasteiger partial charge in [0.1, 0.15) is 0 Å². The number of nitrogens with zero attached hydrogens (tertiary/aromatic N) is 4. The van der Waals surface area contributed by atoms with Gasteiger partial charge in [0.15, 0.2) is 25.5 Å². The zero-order valence-electron chi connectivity index (χ0n) is 37.2. The summed E-state index contributed by atoms with van der Waals surface area (Å²) in [6, 6.07) is 96.1. The molecule has 10 aromatic carbocycles. The molecule has 0 atom stereocenters. The predicted octanol–water partition coefficient (Wildman–Crippen LogP) is 12.7. The summed E-state index contributed by atoms with van der Waals surface area (Å²) in [5.41, 5.74) is 10.5. The zero-order valence-corrected chi connectivity index (χ0v) is 38.2. The van der Waals surface area contributed by atoms with Crippen molar-refractivity contribution in [3.63, 3.8) is 0 Å². The van der Waals surface area contributed by atoms with E-state index in [1.54, 1.807) is 0 Å². The fraction of sp³-hybridized carbons (Fsp3) is 0. The Morgan fingerprint density at radius 2 is 0.676 bits per heavy atom. The van der Waals surface area contributed by atoms with Crippen molar-refractivity contribution in [2.45, 2.75) is 0 Å². The molecule has 0 spiro atoms. The van der Waals surface area contributed by atoms with E-state index in [9.17, 15) is 0 Å². The van der Waals surface area contributed by atoms with Gasteiger partial charge in [-0.2, -0.15) is 0 Å². The van der Waals surface area contributed by atoms with Crippen molar-refractivity contribution in [1.82, 2.24) is 19.5 Å². The first kappa shape index (κ1) is 40.7. The Morgan fingerprint density at radius 3 is 1.25 bits per heavy atom. The molecule has 12 rings (SSSR count). The van der Waals surface area contributed by atoms with Gasteiger partial charge in [0.2, 0.25) is 0 Å². The molecular formula is C63H44N4Si. The summed E-state index contributed by atoms with van der Waals surface area (Å²) in [7, 11) is -2.81. The molecule has 5 heteroatoms. The van der Waals surface area contributed by atoms with E-state index in [0.29, 0.717) is 17.5 Å². The summed E-state index contributed by atoms with van der Waals surface area (Å²) in [6.45, 7) is 0. The van der Waals surface area contributed by atoms with Gasteiger partial charge in [-0.1, -0.05) is 243 Å². The number of hydrogen-bond acceptors (Lipinski definition) is 3. The highest BCUT2D eigenvalue weighted by Crippen LogP contribution is 2.40. The smallest absolute Gasteiger partial charge is 0.179 e. The van der Waals surface area contributed by atoms with Crippen molar-refractivity contribution in [3.8, 4) is 62.1 Å². The summed E-state index contributed by atoms with van der Waals surface area (Å²) in [4.78, 5) is 15.7. The molecule has 0 saturated heterocycles. The molecule has 0 aliphatic carbocycles. The molecule has 4 nitrogen and oxygen atoms in total. The molecule has 320 valence electrons. The van der Waals surface area contributed by atoms with Gasteiger partial charge >= 0.3 is 0 Å². The van der Waals surface area contributed by atoms with E-state index in [0.717, 1.165) is 55.7 Å². The highest BCUT2D eigenvalue weighted by Gasteiger charge is 2.41. The molecule has 0 saturated carbocycles. The number of rotatable bonds is 10. The van der Waals surface area contributed by atoms with Gasteiger partial charge in [-0.3, -0.25) is 0 Å². The van der Waals surface area contributed by atoms with Crippen molar-refractivity contribution >= 4 is 50.6 Å². The molecule has 0 radical (unpaired) electrons. The van der Waals surface area contributed by atoms with Crippen LogP contribution in [-0.4, -0.2) is 27.6 Å². The summed E-state index contributed by atoms with van der Waals surface area (Å²) in [5.74, 6) is 1.84. The van der Waals surface area contributed by atoms with E-state index in [2.05, 4.69) is 235 Å². The SMILES string of the molecule is c1ccc(-c2ccc3c4ccccc4n(-c4cc(-c5cccc([Si](c6ccccc6)(c6ccccc6)c6ccccc6)c5)ccc4-c4nc(-c5ccccc5)nc(-c5ccccc5)n4)c3c2)cc1. The largest absolute Gasteiger partial charge is 0.308 e. The first-order valence-electron chi connectivity index (χ1n) is 23.1. The molecule has 12 aromatic rings. The third-order valence-corrected chi connectivity index (χ3v) is 18.0. The lowest BCUT2D eigenvalue weighted by molar-refractivity contribution is 1.06. The van der Waals surface area contributed by atoms with Crippen LogP contribution < -0.4 is 20.7 Å². The first-order valence-corrected chi connectivity index (χ1v) is 25.1. The van der Waals surface area contributed by atoms with E-state index in [4.69, 9.17) is 15.0 Å². The summed E-state index contributed by atoms with van der Waals surface area (Å²) in [6.07, 6.45) is 0. The van der Waals surface area contributed by atoms with Crippen molar-refractivity contribution in [3.05, 3.63) is 267 Å². The lowest BCUT2D eigenvalue weighted by atomic mass is 10.0. The van der Waals surface area contributed by atoms with Gasteiger partial charge in [-0.05, 0) is 67.3 Å². The van der Waals surface area contributed by atoms with Gasteiger partial charge in [0.25, 0.3) is 0 Å². The van der Waals surface area contributed by atoms with Gasteiger partial charge in [0, 0.05) is 27.5 Å². The molecule has 0 unspecified atom stereocenters. The molecule has 0 bridgehead atoms. The van der Waals surface area contributed by atoms with Gasteiger partial charge in [0.05, 0.1) is 16.7 Å². The van der Waals surface area contributed by atoms with Crippen LogP contribution >= 0.6 is 0 Å². The minimum absolute atomic E-state index is 0.599. The van der Waals surface area contributed by atoms with Crippen molar-refractivity contribution in [2.24, 2.45) is 0 Å². The third kappa shape index (κ3) is 7.23. The van der Waals surface area contributed by atoms with E-state index < -0.39 is 8.07 Å². The van der Waals surface area contributed by atoms with Gasteiger partial charge in [-0.15, -0.1) is 0 Å². The number of aromatic nitrogens is 4. The minimum Gasteiger partial charge on any atom is -0.308 e. The average Bonchev–Trinajstić information content (AvgIpc) is 3.76. The average molecular weight is 885 g/mol. The second-order valence-corrected chi connectivity index (χ2v) is 21.0. The van der Waals surface area contributed by atoms with Crippen LogP contribution in [0.1, 0.15) is 0 Å². The monoisotopic (exact) mass is 884 g/mol. The fourth-order valence-corrected chi connectivity index (χ4v) is 14.8. The number of benzene rings is 10. The lowest BCUT2D eigenvalue weighted by Gasteiger charge is -2.34. The molecule has 68 heavy (non-hydrogen) atoms. The van der Waals surface area contributed by atoms with Crippen molar-refractivity contribution in [2.75, 3.05) is 0 Å². The third-order valence-electron chi connectivity index (χ3n) is 13.2. The van der Waals surface area contributed by atoms with Crippen LogP contribution in [0.5, 0.6) is 0 Å². The maximum atomic E-state index is 5.31. The molecule has 0 aliphatic rings. The summed E-state index contributed by atoms with van der Waals surface area (Å²) < 4.78 is 2.42. The Balaban J connectivity index is 1.14. The Hall–Kier alpha value is -8.77. The number of fused-ring (bicyclic) bond motifs is 3. The van der Waals surface area contributed by atoms with Gasteiger partial charge in [-0.25, -0.2) is 15.0 Å². The molecular weight excluding hydrogens is 841 g/mol. The van der Waals surface area contributed by atoms with Crippen LogP contribution in [0.15, 0.2) is 267 Å². The van der Waals surface area contributed by atoms with Crippen LogP contribution in [0.25, 0.3) is 83.9 Å². The second-order valence-electron chi connectivity index (χ2n) is 17.1. The highest BCUT2D eigenvalue weighted by atomic mass is 28.3. The normalized spacial score (nSPS) is 11.5. The van der Waals surface area contributed by atoms with Crippen LogP contribution in [0.2, 0.25) is 0 Å². The molecule has 0 N–H and O–H groups in total.